The molecule has 1 saturated heterocycles. The third kappa shape index (κ3) is 4.11. The van der Waals surface area contributed by atoms with Gasteiger partial charge in [-0.1, -0.05) is 0 Å². The van der Waals surface area contributed by atoms with Gasteiger partial charge in [0.05, 0.1) is 0 Å². The Balaban J connectivity index is 1.61. The highest BCUT2D eigenvalue weighted by Crippen LogP contribution is 2.25. The highest BCUT2D eigenvalue weighted by molar-refractivity contribution is 5.80. The molecular weight excluding hydrogens is 347 g/mol. The Morgan fingerprint density at radius 2 is 1.92 bits per heavy atom. The lowest BCUT2D eigenvalue weighted by Gasteiger charge is -2.39. The molecule has 1 aromatic heterocycles. The van der Waals surface area contributed by atoms with E-state index in [1.165, 1.54) is 11.8 Å². The smallest absolute Gasteiger partial charge is 0.357 e. The fourth-order valence-corrected chi connectivity index (χ4v) is 3.43. The number of nitrogens with zero attached hydrogens (tertiary/aromatic N) is 6. The Kier molecular flexibility index (Phi) is 5.69. The van der Waals surface area contributed by atoms with Crippen molar-refractivity contribution in [3.8, 4) is 0 Å². The second kappa shape index (κ2) is 7.81. The van der Waals surface area contributed by atoms with Crippen LogP contribution in [0.4, 0.5) is 13.2 Å². The van der Waals surface area contributed by atoms with Crippen molar-refractivity contribution in [2.24, 2.45) is 4.99 Å². The van der Waals surface area contributed by atoms with Crippen molar-refractivity contribution in [2.75, 3.05) is 32.7 Å². The Labute approximate surface area is 151 Å². The number of aliphatic imine (C=N–C) groups is 1. The molecule has 2 aliphatic heterocycles. The van der Waals surface area contributed by atoms with Gasteiger partial charge in [-0.25, -0.2) is 4.99 Å². The van der Waals surface area contributed by atoms with Crippen LogP contribution in [0.5, 0.6) is 0 Å². The van der Waals surface area contributed by atoms with Gasteiger partial charge in [-0.2, -0.15) is 13.2 Å². The number of hydrogen-bond donors (Lipinski definition) is 1. The summed E-state index contributed by atoms with van der Waals surface area (Å²) in [4.78, 5) is 8.14. The molecule has 0 saturated carbocycles. The van der Waals surface area contributed by atoms with Crippen LogP contribution in [0.2, 0.25) is 0 Å². The van der Waals surface area contributed by atoms with E-state index in [0.717, 1.165) is 37.0 Å². The first-order valence-corrected chi connectivity index (χ1v) is 9.15. The Morgan fingerprint density at radius 1 is 1.19 bits per heavy atom. The van der Waals surface area contributed by atoms with Crippen molar-refractivity contribution >= 4 is 5.96 Å². The van der Waals surface area contributed by atoms with Gasteiger partial charge in [-0.15, -0.1) is 10.2 Å². The molecule has 0 amide bonds. The van der Waals surface area contributed by atoms with Crippen molar-refractivity contribution in [2.45, 2.75) is 52.0 Å². The average molecular weight is 373 g/mol. The van der Waals surface area contributed by atoms with Gasteiger partial charge in [-0.3, -0.25) is 4.90 Å². The molecule has 0 aliphatic carbocycles. The van der Waals surface area contributed by atoms with Crippen LogP contribution in [-0.4, -0.2) is 75.5 Å². The quantitative estimate of drug-likeness (QED) is 0.636. The normalized spacial score (nSPS) is 20.3. The van der Waals surface area contributed by atoms with E-state index in [-0.39, 0.29) is 0 Å². The minimum Gasteiger partial charge on any atom is -0.357 e. The van der Waals surface area contributed by atoms with E-state index in [1.807, 2.05) is 11.8 Å². The molecule has 10 heteroatoms. The maximum absolute atomic E-state index is 12.9. The topological polar surface area (TPSA) is 61.6 Å². The SMILES string of the molecule is CCNC(=NCc1nnc2n1CCC2)N1CCN(C(C)C(F)(F)F)CC1. The predicted octanol–water partition coefficient (Wildman–Crippen LogP) is 1.26. The van der Waals surface area contributed by atoms with Crippen LogP contribution < -0.4 is 5.32 Å². The third-order valence-corrected chi connectivity index (χ3v) is 5.03. The average Bonchev–Trinajstić information content (AvgIpc) is 3.21. The molecule has 3 heterocycles. The predicted molar refractivity (Wildman–Crippen MR) is 91.8 cm³/mol. The zero-order valence-electron chi connectivity index (χ0n) is 15.3. The Morgan fingerprint density at radius 3 is 2.58 bits per heavy atom. The number of alkyl halides is 3. The second-order valence-electron chi connectivity index (χ2n) is 6.70. The molecule has 0 bridgehead atoms. The number of aromatic nitrogens is 3. The van der Waals surface area contributed by atoms with Crippen molar-refractivity contribution in [3.05, 3.63) is 11.6 Å². The van der Waals surface area contributed by atoms with E-state index in [2.05, 4.69) is 25.1 Å². The molecule has 1 unspecified atom stereocenters. The monoisotopic (exact) mass is 373 g/mol. The summed E-state index contributed by atoms with van der Waals surface area (Å²) in [5.74, 6) is 2.58. The van der Waals surface area contributed by atoms with Gasteiger partial charge in [0.2, 0.25) is 0 Å². The molecule has 0 aromatic carbocycles. The molecule has 26 heavy (non-hydrogen) atoms. The zero-order chi connectivity index (χ0) is 18.7. The number of fused-ring (bicyclic) bond motifs is 1. The largest absolute Gasteiger partial charge is 0.403 e. The van der Waals surface area contributed by atoms with Crippen molar-refractivity contribution < 1.29 is 13.2 Å². The van der Waals surface area contributed by atoms with E-state index in [1.54, 1.807) is 0 Å². The maximum Gasteiger partial charge on any atom is 0.403 e. The molecule has 1 aromatic rings. The first-order valence-electron chi connectivity index (χ1n) is 9.15. The van der Waals surface area contributed by atoms with E-state index >= 15 is 0 Å². The van der Waals surface area contributed by atoms with Gasteiger partial charge in [0, 0.05) is 45.7 Å². The minimum absolute atomic E-state index is 0.366. The van der Waals surface area contributed by atoms with E-state index in [9.17, 15) is 13.2 Å². The number of piperazine rings is 1. The summed E-state index contributed by atoms with van der Waals surface area (Å²) in [6.07, 6.45) is -2.15. The first-order chi connectivity index (χ1) is 12.4. The fraction of sp³-hybridized carbons (Fsp3) is 0.812. The lowest BCUT2D eigenvalue weighted by molar-refractivity contribution is -0.181. The molecule has 1 N–H and O–H groups in total. The summed E-state index contributed by atoms with van der Waals surface area (Å²) < 4.78 is 40.8. The van der Waals surface area contributed by atoms with Gasteiger partial charge < -0.3 is 14.8 Å². The zero-order valence-corrected chi connectivity index (χ0v) is 15.3. The van der Waals surface area contributed by atoms with Crippen molar-refractivity contribution in [3.63, 3.8) is 0 Å². The van der Waals surface area contributed by atoms with Crippen LogP contribution in [0.25, 0.3) is 0 Å². The molecular formula is C16H26F3N7. The standard InChI is InChI=1S/C16H26F3N7/c1-3-20-15(21-11-14-23-22-13-5-4-6-26(13)14)25-9-7-24(8-10-25)12(2)16(17,18)19/h12H,3-11H2,1-2H3,(H,20,21). The summed E-state index contributed by atoms with van der Waals surface area (Å²) >= 11 is 0. The van der Waals surface area contributed by atoms with Gasteiger partial charge >= 0.3 is 6.18 Å². The van der Waals surface area contributed by atoms with Crippen LogP contribution in [0, 0.1) is 0 Å². The first kappa shape index (κ1) is 18.9. The molecule has 7 nitrogen and oxygen atoms in total. The van der Waals surface area contributed by atoms with Gasteiger partial charge in [0.1, 0.15) is 18.4 Å². The summed E-state index contributed by atoms with van der Waals surface area (Å²) in [7, 11) is 0. The Hall–Kier alpha value is -1.84. The van der Waals surface area contributed by atoms with Gasteiger partial charge in [0.25, 0.3) is 0 Å². The summed E-state index contributed by atoms with van der Waals surface area (Å²) in [5, 5.41) is 11.6. The fourth-order valence-electron chi connectivity index (χ4n) is 3.43. The minimum atomic E-state index is -4.19. The number of hydrogen-bond acceptors (Lipinski definition) is 4. The van der Waals surface area contributed by atoms with Crippen LogP contribution in [0.1, 0.15) is 31.9 Å². The maximum atomic E-state index is 12.9. The van der Waals surface area contributed by atoms with E-state index in [4.69, 9.17) is 0 Å². The van der Waals surface area contributed by atoms with Crippen LogP contribution in [0.15, 0.2) is 4.99 Å². The van der Waals surface area contributed by atoms with Crippen molar-refractivity contribution in [1.29, 1.82) is 0 Å². The lowest BCUT2D eigenvalue weighted by atomic mass is 10.2. The lowest BCUT2D eigenvalue weighted by Crippen LogP contribution is -2.56. The van der Waals surface area contributed by atoms with Crippen LogP contribution >= 0.6 is 0 Å². The number of aryl methyl sites for hydroxylation is 1. The van der Waals surface area contributed by atoms with Crippen molar-refractivity contribution in [1.82, 2.24) is 29.9 Å². The van der Waals surface area contributed by atoms with Gasteiger partial charge in [0.15, 0.2) is 11.8 Å². The summed E-state index contributed by atoms with van der Waals surface area (Å²) in [6, 6.07) is -1.41. The molecule has 0 radical (unpaired) electrons. The van der Waals surface area contributed by atoms with Gasteiger partial charge in [-0.05, 0) is 20.3 Å². The summed E-state index contributed by atoms with van der Waals surface area (Å²) in [5.41, 5.74) is 0. The molecule has 0 spiro atoms. The molecule has 1 fully saturated rings. The highest BCUT2D eigenvalue weighted by atomic mass is 19.4. The number of nitrogens with one attached hydrogen (secondary N) is 1. The number of guanidine groups is 1. The second-order valence-corrected chi connectivity index (χ2v) is 6.70. The summed E-state index contributed by atoms with van der Waals surface area (Å²) in [6.45, 7) is 7.03. The molecule has 3 rings (SSSR count). The third-order valence-electron chi connectivity index (χ3n) is 5.03. The molecule has 1 atom stereocenters. The highest BCUT2D eigenvalue weighted by Gasteiger charge is 2.41. The number of rotatable bonds is 4. The number of halogens is 3. The van der Waals surface area contributed by atoms with E-state index < -0.39 is 12.2 Å². The van der Waals surface area contributed by atoms with Crippen LogP contribution in [-0.2, 0) is 19.5 Å². The Bertz CT molecular complexity index is 632. The molecule has 146 valence electrons. The molecule has 2 aliphatic rings. The van der Waals surface area contributed by atoms with Crippen LogP contribution in [0.3, 0.4) is 0 Å². The van der Waals surface area contributed by atoms with E-state index in [0.29, 0.717) is 39.3 Å².